The SMILES string of the molecule is Nc1onc(-c2cccnc2)c1-c1ccc(Br)cc1. The minimum absolute atomic E-state index is 0.307. The van der Waals surface area contributed by atoms with Crippen molar-refractivity contribution in [3.05, 3.63) is 53.3 Å². The third-order valence-corrected chi connectivity index (χ3v) is 3.32. The van der Waals surface area contributed by atoms with E-state index in [0.29, 0.717) is 11.6 Å². The molecule has 4 nitrogen and oxygen atoms in total. The standard InChI is InChI=1S/C14H10BrN3O/c15-11-5-3-9(4-6-11)12-13(18-19-14(12)16)10-2-1-7-17-8-10/h1-8H,16H2. The molecule has 0 atom stereocenters. The number of nitrogens with two attached hydrogens (primary N) is 1. The zero-order valence-corrected chi connectivity index (χ0v) is 11.5. The molecule has 19 heavy (non-hydrogen) atoms. The van der Waals surface area contributed by atoms with Gasteiger partial charge in [-0.3, -0.25) is 4.98 Å². The Balaban J connectivity index is 2.17. The van der Waals surface area contributed by atoms with Crippen LogP contribution in [0.15, 0.2) is 57.8 Å². The second kappa shape index (κ2) is 4.85. The van der Waals surface area contributed by atoms with Crippen molar-refractivity contribution in [3.8, 4) is 22.4 Å². The van der Waals surface area contributed by atoms with Crippen LogP contribution >= 0.6 is 15.9 Å². The van der Waals surface area contributed by atoms with Gasteiger partial charge in [0.25, 0.3) is 0 Å². The number of anilines is 1. The van der Waals surface area contributed by atoms with Gasteiger partial charge in [0.1, 0.15) is 5.69 Å². The molecule has 3 aromatic rings. The van der Waals surface area contributed by atoms with Gasteiger partial charge in [0.15, 0.2) is 0 Å². The van der Waals surface area contributed by atoms with Crippen LogP contribution in [0.3, 0.4) is 0 Å². The molecule has 0 aliphatic heterocycles. The molecule has 0 saturated heterocycles. The molecule has 0 aliphatic carbocycles. The lowest BCUT2D eigenvalue weighted by Crippen LogP contribution is -1.88. The third-order valence-electron chi connectivity index (χ3n) is 2.79. The molecule has 3 rings (SSSR count). The fourth-order valence-electron chi connectivity index (χ4n) is 1.90. The van der Waals surface area contributed by atoms with Crippen LogP contribution in [-0.4, -0.2) is 10.1 Å². The maximum absolute atomic E-state index is 5.89. The highest BCUT2D eigenvalue weighted by Crippen LogP contribution is 2.36. The summed E-state index contributed by atoms with van der Waals surface area (Å²) >= 11 is 3.41. The number of benzene rings is 1. The fraction of sp³-hybridized carbons (Fsp3) is 0. The van der Waals surface area contributed by atoms with Crippen molar-refractivity contribution in [1.29, 1.82) is 0 Å². The lowest BCUT2D eigenvalue weighted by atomic mass is 10.0. The second-order valence-corrected chi connectivity index (χ2v) is 4.93. The first-order valence-electron chi connectivity index (χ1n) is 5.67. The number of nitrogen functional groups attached to an aromatic ring is 1. The first kappa shape index (κ1) is 11.9. The molecule has 0 unspecified atom stereocenters. The van der Waals surface area contributed by atoms with Crippen LogP contribution in [-0.2, 0) is 0 Å². The molecule has 2 heterocycles. The molecule has 2 aromatic heterocycles. The molecular formula is C14H10BrN3O. The van der Waals surface area contributed by atoms with Gasteiger partial charge in [-0.2, -0.15) is 0 Å². The van der Waals surface area contributed by atoms with E-state index in [1.165, 1.54) is 0 Å². The molecular weight excluding hydrogens is 306 g/mol. The Morgan fingerprint density at radius 3 is 2.53 bits per heavy atom. The maximum Gasteiger partial charge on any atom is 0.230 e. The molecule has 2 N–H and O–H groups in total. The molecule has 94 valence electrons. The largest absolute Gasteiger partial charge is 0.367 e. The van der Waals surface area contributed by atoms with E-state index in [-0.39, 0.29) is 0 Å². The van der Waals surface area contributed by atoms with Crippen molar-refractivity contribution in [2.75, 3.05) is 5.73 Å². The Morgan fingerprint density at radius 1 is 1.05 bits per heavy atom. The van der Waals surface area contributed by atoms with E-state index in [1.54, 1.807) is 12.4 Å². The van der Waals surface area contributed by atoms with Crippen molar-refractivity contribution >= 4 is 21.8 Å². The average molecular weight is 316 g/mol. The smallest absolute Gasteiger partial charge is 0.230 e. The van der Waals surface area contributed by atoms with Gasteiger partial charge in [-0.15, -0.1) is 0 Å². The topological polar surface area (TPSA) is 64.9 Å². The maximum atomic E-state index is 5.89. The minimum Gasteiger partial charge on any atom is -0.367 e. The molecule has 0 amide bonds. The van der Waals surface area contributed by atoms with E-state index in [9.17, 15) is 0 Å². The Bertz CT molecular complexity index is 692. The van der Waals surface area contributed by atoms with E-state index < -0.39 is 0 Å². The normalized spacial score (nSPS) is 10.6. The molecule has 1 aromatic carbocycles. The Kier molecular flexibility index (Phi) is 3.05. The summed E-state index contributed by atoms with van der Waals surface area (Å²) in [4.78, 5) is 4.09. The highest BCUT2D eigenvalue weighted by Gasteiger charge is 2.17. The number of hydrogen-bond donors (Lipinski definition) is 1. The Hall–Kier alpha value is -2.14. The van der Waals surface area contributed by atoms with Crippen LogP contribution in [0.2, 0.25) is 0 Å². The van der Waals surface area contributed by atoms with Gasteiger partial charge in [0, 0.05) is 22.4 Å². The van der Waals surface area contributed by atoms with Gasteiger partial charge >= 0.3 is 0 Å². The summed E-state index contributed by atoms with van der Waals surface area (Å²) in [6.45, 7) is 0. The molecule has 0 saturated carbocycles. The van der Waals surface area contributed by atoms with Gasteiger partial charge in [-0.1, -0.05) is 33.2 Å². The number of halogens is 1. The van der Waals surface area contributed by atoms with E-state index >= 15 is 0 Å². The van der Waals surface area contributed by atoms with Crippen molar-refractivity contribution in [2.24, 2.45) is 0 Å². The number of rotatable bonds is 2. The van der Waals surface area contributed by atoms with Crippen LogP contribution < -0.4 is 5.73 Å². The third kappa shape index (κ3) is 2.24. The quantitative estimate of drug-likeness (QED) is 0.782. The zero-order chi connectivity index (χ0) is 13.2. The lowest BCUT2D eigenvalue weighted by molar-refractivity contribution is 0.439. The average Bonchev–Trinajstić information content (AvgIpc) is 2.83. The van der Waals surface area contributed by atoms with Crippen LogP contribution in [0.4, 0.5) is 5.88 Å². The molecule has 0 fully saturated rings. The summed E-state index contributed by atoms with van der Waals surface area (Å²) in [5, 5.41) is 4.03. The van der Waals surface area contributed by atoms with Crippen molar-refractivity contribution in [2.45, 2.75) is 0 Å². The number of nitrogens with zero attached hydrogens (tertiary/aromatic N) is 2. The van der Waals surface area contributed by atoms with Crippen molar-refractivity contribution < 1.29 is 4.52 Å². The highest BCUT2D eigenvalue weighted by molar-refractivity contribution is 9.10. The molecule has 0 spiro atoms. The second-order valence-electron chi connectivity index (χ2n) is 4.02. The van der Waals surface area contributed by atoms with Gasteiger partial charge < -0.3 is 10.3 Å². The summed E-state index contributed by atoms with van der Waals surface area (Å²) in [7, 11) is 0. The Labute approximate surface area is 118 Å². The zero-order valence-electron chi connectivity index (χ0n) is 9.88. The molecule has 5 heteroatoms. The summed E-state index contributed by atoms with van der Waals surface area (Å²) in [5.74, 6) is 0.307. The van der Waals surface area contributed by atoms with Crippen molar-refractivity contribution in [1.82, 2.24) is 10.1 Å². The predicted molar refractivity (Wildman–Crippen MR) is 77.3 cm³/mol. The number of aromatic nitrogens is 2. The van der Waals surface area contributed by atoms with Gasteiger partial charge in [-0.25, -0.2) is 0 Å². The van der Waals surface area contributed by atoms with E-state index in [2.05, 4.69) is 26.1 Å². The minimum atomic E-state index is 0.307. The number of pyridine rings is 1. The van der Waals surface area contributed by atoms with Gasteiger partial charge in [0.05, 0.1) is 5.56 Å². The van der Waals surface area contributed by atoms with Crippen molar-refractivity contribution in [3.63, 3.8) is 0 Å². The summed E-state index contributed by atoms with van der Waals surface area (Å²) in [6, 6.07) is 11.6. The van der Waals surface area contributed by atoms with Crippen LogP contribution in [0.1, 0.15) is 0 Å². The predicted octanol–water partition coefficient (Wildman–Crippen LogP) is 3.75. The Morgan fingerprint density at radius 2 is 1.84 bits per heavy atom. The summed E-state index contributed by atoms with van der Waals surface area (Å²) in [6.07, 6.45) is 3.45. The lowest BCUT2D eigenvalue weighted by Gasteiger charge is -2.02. The van der Waals surface area contributed by atoms with E-state index in [1.807, 2.05) is 36.4 Å². The van der Waals surface area contributed by atoms with Crippen LogP contribution in [0, 0.1) is 0 Å². The molecule has 0 aliphatic rings. The molecule has 0 radical (unpaired) electrons. The van der Waals surface area contributed by atoms with E-state index in [4.69, 9.17) is 10.3 Å². The van der Waals surface area contributed by atoms with Crippen LogP contribution in [0.25, 0.3) is 22.4 Å². The van der Waals surface area contributed by atoms with Gasteiger partial charge in [-0.05, 0) is 29.8 Å². The first-order chi connectivity index (χ1) is 9.25. The molecule has 0 bridgehead atoms. The monoisotopic (exact) mass is 315 g/mol. The highest BCUT2D eigenvalue weighted by atomic mass is 79.9. The fourth-order valence-corrected chi connectivity index (χ4v) is 2.16. The van der Waals surface area contributed by atoms with E-state index in [0.717, 1.165) is 21.2 Å². The first-order valence-corrected chi connectivity index (χ1v) is 6.46. The van der Waals surface area contributed by atoms with Crippen LogP contribution in [0.5, 0.6) is 0 Å². The van der Waals surface area contributed by atoms with Gasteiger partial charge in [0.2, 0.25) is 5.88 Å². The summed E-state index contributed by atoms with van der Waals surface area (Å²) < 4.78 is 6.13. The number of hydrogen-bond acceptors (Lipinski definition) is 4. The summed E-state index contributed by atoms with van der Waals surface area (Å²) in [5.41, 5.74) is 9.22.